The van der Waals surface area contributed by atoms with Crippen LogP contribution in [0.5, 0.6) is 0 Å². The van der Waals surface area contributed by atoms with Crippen LogP contribution in [0.1, 0.15) is 101 Å². The Morgan fingerprint density at radius 2 is 1.47 bits per heavy atom. The first-order valence-electron chi connectivity index (χ1n) is 32.2. The van der Waals surface area contributed by atoms with E-state index in [2.05, 4.69) is 66.0 Å². The van der Waals surface area contributed by atoms with Crippen LogP contribution in [-0.2, 0) is 35.9 Å². The first kappa shape index (κ1) is 65.8. The van der Waals surface area contributed by atoms with Crippen LogP contribution < -0.4 is 25.2 Å². The maximum absolute atomic E-state index is 14.6. The standard InChI is InChI=1S/C68H76ClF3N10O9S3/c1-67(2)24-22-55(43-8-12-47(69)13-9-43)46(35-67)36-77-28-31-81-50(37-77)14-10-44-32-45(11-19-59(44)81)63(84)75-94(90,91)54-16-18-58(61(34-54)93(88,89)68(70,71)72)73-48(42-92-53-6-4-3-5-7-53)23-25-76-26-29-78(30-27-76)51-38-80(39-51)52-40-79(41-52)49-15-17-56-57(33-49)66(87)82(65(56)86)60-20-21-62(83)74-64(60)85/h3-9,11-13,15-19,32-34,48,50-52,60,73H,10,14,20-31,35-42H2,1-2H3,(H,75,84)(H,74,83,85)/t48-,50?,60?/m1/s1. The number of hydrogen-bond donors (Lipinski definition) is 3. The van der Waals surface area contributed by atoms with Gasteiger partial charge in [-0.1, -0.05) is 61.4 Å². The van der Waals surface area contributed by atoms with Crippen molar-refractivity contribution in [1.29, 1.82) is 0 Å². The highest BCUT2D eigenvalue weighted by atomic mass is 35.5. The van der Waals surface area contributed by atoms with E-state index in [0.29, 0.717) is 48.3 Å². The van der Waals surface area contributed by atoms with Gasteiger partial charge in [0.1, 0.15) is 10.9 Å². The van der Waals surface area contributed by atoms with Gasteiger partial charge >= 0.3 is 5.51 Å². The number of nitrogens with one attached hydrogen (secondary N) is 3. The van der Waals surface area contributed by atoms with Crippen molar-refractivity contribution in [3.05, 3.63) is 148 Å². The van der Waals surface area contributed by atoms with Gasteiger partial charge in [0.05, 0.1) is 21.7 Å². The molecule has 3 atom stereocenters. The van der Waals surface area contributed by atoms with Gasteiger partial charge in [-0.05, 0) is 146 Å². The van der Waals surface area contributed by atoms with Gasteiger partial charge in [0.2, 0.25) is 11.8 Å². The van der Waals surface area contributed by atoms with Gasteiger partial charge in [0, 0.05) is 148 Å². The molecule has 7 heterocycles. The smallest absolute Gasteiger partial charge is 0.380 e. The maximum atomic E-state index is 14.6. The molecule has 26 heteroatoms. The van der Waals surface area contributed by atoms with Crippen LogP contribution in [0.15, 0.2) is 129 Å². The number of aryl methyl sites for hydroxylation is 1. The summed E-state index contributed by atoms with van der Waals surface area (Å²) in [5.41, 5.74) is 1.22. The molecule has 0 radical (unpaired) electrons. The predicted octanol–water partition coefficient (Wildman–Crippen LogP) is 8.41. The van der Waals surface area contributed by atoms with Crippen molar-refractivity contribution in [1.82, 2.24) is 34.5 Å². The molecule has 5 aromatic rings. The van der Waals surface area contributed by atoms with Crippen molar-refractivity contribution in [3.8, 4) is 0 Å². The molecule has 2 unspecified atom stereocenters. The summed E-state index contributed by atoms with van der Waals surface area (Å²) in [5, 5.41) is 6.02. The number of imide groups is 2. The summed E-state index contributed by atoms with van der Waals surface area (Å²) in [6, 6.07) is 29.5. The summed E-state index contributed by atoms with van der Waals surface area (Å²) >= 11 is 7.70. The number of anilines is 3. The van der Waals surface area contributed by atoms with E-state index in [0.717, 1.165) is 143 Å². The summed E-state index contributed by atoms with van der Waals surface area (Å²) < 4.78 is 101. The second-order valence-electron chi connectivity index (χ2n) is 26.9. The Morgan fingerprint density at radius 1 is 0.745 bits per heavy atom. The van der Waals surface area contributed by atoms with E-state index in [9.17, 15) is 54.0 Å². The minimum Gasteiger partial charge on any atom is -0.380 e. The van der Waals surface area contributed by atoms with Crippen LogP contribution in [0.2, 0.25) is 5.02 Å². The highest BCUT2D eigenvalue weighted by Crippen LogP contribution is 2.44. The molecule has 3 N–H and O–H groups in total. The van der Waals surface area contributed by atoms with Crippen molar-refractivity contribution >= 4 is 95.4 Å². The fourth-order valence-corrected chi connectivity index (χ4v) is 17.9. The number of carbonyl (C=O) groups is 5. The Labute approximate surface area is 555 Å². The summed E-state index contributed by atoms with van der Waals surface area (Å²) in [7, 11) is -11.1. The zero-order chi connectivity index (χ0) is 66.0. The van der Waals surface area contributed by atoms with E-state index in [4.69, 9.17) is 11.6 Å². The van der Waals surface area contributed by atoms with E-state index >= 15 is 0 Å². The number of benzene rings is 5. The number of allylic oxidation sites excluding steroid dienone is 1. The number of likely N-dealkylation sites (tertiary alicyclic amines) is 1. The zero-order valence-corrected chi connectivity index (χ0v) is 55.6. The lowest BCUT2D eigenvalue weighted by Gasteiger charge is -2.55. The van der Waals surface area contributed by atoms with E-state index < -0.39 is 82.5 Å². The number of piperidine rings is 1. The number of amides is 5. The molecule has 498 valence electrons. The van der Waals surface area contributed by atoms with Gasteiger partial charge in [-0.25, -0.2) is 21.6 Å². The first-order valence-corrected chi connectivity index (χ1v) is 36.5. The maximum Gasteiger partial charge on any atom is 0.501 e. The van der Waals surface area contributed by atoms with Gasteiger partial charge in [0.25, 0.3) is 37.6 Å². The van der Waals surface area contributed by atoms with Gasteiger partial charge in [0.15, 0.2) is 0 Å². The third-order valence-electron chi connectivity index (χ3n) is 20.2. The minimum absolute atomic E-state index is 0.0374. The lowest BCUT2D eigenvalue weighted by atomic mass is 9.72. The molecular weight excluding hydrogens is 1290 g/mol. The largest absolute Gasteiger partial charge is 0.501 e. The number of alkyl halides is 3. The van der Waals surface area contributed by atoms with E-state index in [1.807, 2.05) is 59.3 Å². The average Bonchev–Trinajstić information content (AvgIpc) is 1.35. The normalized spacial score (nSPS) is 22.3. The van der Waals surface area contributed by atoms with E-state index in [1.54, 1.807) is 24.3 Å². The Balaban J connectivity index is 0.616. The first-order chi connectivity index (χ1) is 44.8. The van der Waals surface area contributed by atoms with Crippen LogP contribution in [0.3, 0.4) is 0 Å². The fraction of sp³-hybridized carbons (Fsp3) is 0.456. The van der Waals surface area contributed by atoms with Gasteiger partial charge in [-0.3, -0.25) is 48.9 Å². The number of hydrogen-bond acceptors (Lipinski definition) is 17. The lowest BCUT2D eigenvalue weighted by molar-refractivity contribution is -0.136. The molecule has 0 bridgehead atoms. The number of rotatable bonds is 19. The monoisotopic (exact) mass is 1360 g/mol. The lowest BCUT2D eigenvalue weighted by Crippen LogP contribution is -2.71. The van der Waals surface area contributed by atoms with Crippen molar-refractivity contribution in [2.24, 2.45) is 5.41 Å². The van der Waals surface area contributed by atoms with Crippen LogP contribution >= 0.6 is 23.4 Å². The molecule has 19 nitrogen and oxygen atoms in total. The molecule has 13 rings (SSSR count). The number of fused-ring (bicyclic) bond motifs is 4. The quantitative estimate of drug-likeness (QED) is 0.0523. The molecule has 0 saturated carbocycles. The number of thioether (sulfide) groups is 1. The summed E-state index contributed by atoms with van der Waals surface area (Å²) in [5.74, 6) is -2.85. The van der Waals surface area contributed by atoms with Gasteiger partial charge < -0.3 is 20.0 Å². The predicted molar refractivity (Wildman–Crippen MR) is 354 cm³/mol. The third-order valence-corrected chi connectivity index (χ3v) is 24.4. The second-order valence-corrected chi connectivity index (χ2v) is 32.0. The Kier molecular flexibility index (Phi) is 18.4. The SMILES string of the molecule is CC1(C)CCC(c2ccc(Cl)cc2)=C(CN2CCN3c4ccc(C(=O)NS(=O)(=O)c5ccc(N[C@H](CCN6CCN(C7CN(C8CN(c9ccc%10c(c9)C(=O)N(C9CCC(=O)NC9=O)C%10=O)C8)C7)CC6)CSc6ccccc6)c(S(=O)(=O)C(F)(F)F)c5)cc4CCC3C2)C1. The molecule has 0 aromatic heterocycles. The zero-order valence-electron chi connectivity index (χ0n) is 52.4. The number of sulfone groups is 1. The van der Waals surface area contributed by atoms with Gasteiger partial charge in [-0.2, -0.15) is 13.2 Å². The van der Waals surface area contributed by atoms with Crippen molar-refractivity contribution < 1.29 is 54.0 Å². The van der Waals surface area contributed by atoms with E-state index in [1.165, 1.54) is 28.5 Å². The summed E-state index contributed by atoms with van der Waals surface area (Å²) in [6.45, 7) is 14.8. The highest BCUT2D eigenvalue weighted by Gasteiger charge is 2.50. The average molecular weight is 1370 g/mol. The Bertz CT molecular complexity index is 4070. The van der Waals surface area contributed by atoms with Crippen molar-refractivity contribution in [2.75, 3.05) is 106 Å². The van der Waals surface area contributed by atoms with Crippen LogP contribution in [0.25, 0.3) is 5.57 Å². The molecule has 94 heavy (non-hydrogen) atoms. The fourth-order valence-electron chi connectivity index (χ4n) is 14.8. The molecular formula is C68H76ClF3N10O9S3. The molecule has 5 saturated heterocycles. The van der Waals surface area contributed by atoms with Crippen molar-refractivity contribution in [2.45, 2.75) is 116 Å². The minimum atomic E-state index is -6.14. The summed E-state index contributed by atoms with van der Waals surface area (Å²) in [4.78, 5) is 78.8. The van der Waals surface area contributed by atoms with Crippen LogP contribution in [0.4, 0.5) is 30.2 Å². The number of nitrogens with zero attached hydrogens (tertiary/aromatic N) is 7. The summed E-state index contributed by atoms with van der Waals surface area (Å²) in [6.07, 6.45) is 5.11. The topological polar surface area (TPSA) is 212 Å². The Hall–Kier alpha value is -6.84. The van der Waals surface area contributed by atoms with Crippen molar-refractivity contribution in [3.63, 3.8) is 0 Å². The Morgan fingerprint density at radius 3 is 2.20 bits per heavy atom. The molecule has 5 fully saturated rings. The van der Waals surface area contributed by atoms with E-state index in [-0.39, 0.29) is 41.0 Å². The highest BCUT2D eigenvalue weighted by molar-refractivity contribution is 7.99. The molecule has 1 aliphatic carbocycles. The molecule has 0 spiro atoms. The second kappa shape index (κ2) is 26.3. The number of sulfonamides is 1. The van der Waals surface area contributed by atoms with Gasteiger partial charge in [-0.15, -0.1) is 11.8 Å². The molecule has 7 aliphatic heterocycles. The number of carbonyl (C=O) groups excluding carboxylic acids is 5. The van der Waals surface area contributed by atoms with Crippen LogP contribution in [-0.4, -0.2) is 197 Å². The number of halogens is 4. The van der Waals surface area contributed by atoms with Crippen LogP contribution in [0, 0.1) is 5.41 Å². The number of piperazine rings is 2. The third kappa shape index (κ3) is 13.7. The molecule has 8 aliphatic rings. The molecule has 5 aromatic carbocycles. The molecule has 5 amide bonds.